The lowest BCUT2D eigenvalue weighted by Gasteiger charge is -2.33. The molecule has 2 saturated heterocycles. The van der Waals surface area contributed by atoms with Gasteiger partial charge in [0.25, 0.3) is 5.69 Å². The van der Waals surface area contributed by atoms with Gasteiger partial charge in [-0.1, -0.05) is 12.1 Å². The fourth-order valence-electron chi connectivity index (χ4n) is 3.51. The number of non-ortho nitro benzene ring substituents is 1. The van der Waals surface area contributed by atoms with Crippen LogP contribution in [0.2, 0.25) is 0 Å². The Morgan fingerprint density at radius 3 is 2.48 bits per heavy atom. The summed E-state index contributed by atoms with van der Waals surface area (Å²) in [5.74, 6) is 0. The number of nitro groups is 1. The summed E-state index contributed by atoms with van der Waals surface area (Å²) in [5, 5.41) is 14.1. The van der Waals surface area contributed by atoms with Gasteiger partial charge in [-0.3, -0.25) is 15.0 Å². The number of nitrogens with one attached hydrogen (secondary N) is 1. The molecule has 0 radical (unpaired) electrons. The summed E-state index contributed by atoms with van der Waals surface area (Å²) in [6.07, 6.45) is 3.86. The van der Waals surface area contributed by atoms with Gasteiger partial charge in [-0.05, 0) is 49.9 Å². The highest BCUT2D eigenvalue weighted by Crippen LogP contribution is 2.39. The van der Waals surface area contributed by atoms with Gasteiger partial charge >= 0.3 is 0 Å². The van der Waals surface area contributed by atoms with E-state index < -0.39 is 0 Å². The second-order valence-electron chi connectivity index (χ2n) is 6.13. The zero-order chi connectivity index (χ0) is 14.0. The van der Waals surface area contributed by atoms with Crippen molar-refractivity contribution in [2.45, 2.75) is 25.8 Å². The van der Waals surface area contributed by atoms with E-state index in [4.69, 9.17) is 0 Å². The van der Waals surface area contributed by atoms with Crippen molar-refractivity contribution in [2.24, 2.45) is 5.41 Å². The van der Waals surface area contributed by atoms with E-state index in [1.54, 1.807) is 12.1 Å². The Morgan fingerprint density at radius 1 is 1.19 bits per heavy atom. The molecule has 0 amide bonds. The molecule has 0 aliphatic carbocycles. The summed E-state index contributed by atoms with van der Waals surface area (Å²) >= 11 is 0. The number of halogens is 1. The van der Waals surface area contributed by atoms with Gasteiger partial charge in [0, 0.05) is 25.2 Å². The molecular weight excluding hydrogens is 290 g/mol. The van der Waals surface area contributed by atoms with Crippen molar-refractivity contribution >= 4 is 18.1 Å². The second kappa shape index (κ2) is 6.73. The number of benzene rings is 1. The Balaban J connectivity index is 0.00000161. The standard InChI is InChI=1S/C15H21N3O2.ClH/c19-18(20)14-3-1-13(2-4-14)11-17-10-7-15(12-17)5-8-16-9-6-15;/h1-4,16H,5-12H2;1H. The Bertz CT molecular complexity index is 486. The summed E-state index contributed by atoms with van der Waals surface area (Å²) in [6.45, 7) is 5.52. The number of likely N-dealkylation sites (tertiary alicyclic amines) is 1. The minimum absolute atomic E-state index is 0. The first kappa shape index (κ1) is 16.2. The Kier molecular flexibility index (Phi) is 5.19. The van der Waals surface area contributed by atoms with Gasteiger partial charge in [0.15, 0.2) is 0 Å². The van der Waals surface area contributed by atoms with Crippen molar-refractivity contribution in [3.8, 4) is 0 Å². The zero-order valence-corrected chi connectivity index (χ0v) is 12.9. The van der Waals surface area contributed by atoms with E-state index in [0.29, 0.717) is 5.41 Å². The van der Waals surface area contributed by atoms with Crippen LogP contribution in [0.15, 0.2) is 24.3 Å². The molecule has 0 atom stereocenters. The summed E-state index contributed by atoms with van der Waals surface area (Å²) in [5.41, 5.74) is 1.86. The molecule has 0 unspecified atom stereocenters. The van der Waals surface area contributed by atoms with Gasteiger partial charge in [0.2, 0.25) is 0 Å². The second-order valence-corrected chi connectivity index (χ2v) is 6.13. The smallest absolute Gasteiger partial charge is 0.269 e. The predicted molar refractivity (Wildman–Crippen MR) is 84.8 cm³/mol. The van der Waals surface area contributed by atoms with E-state index in [9.17, 15) is 10.1 Å². The lowest BCUT2D eigenvalue weighted by atomic mass is 9.78. The molecule has 3 rings (SSSR count). The quantitative estimate of drug-likeness (QED) is 0.688. The molecule has 21 heavy (non-hydrogen) atoms. The third-order valence-electron chi connectivity index (χ3n) is 4.73. The molecule has 1 N–H and O–H groups in total. The van der Waals surface area contributed by atoms with Crippen LogP contribution in [0.4, 0.5) is 5.69 Å². The van der Waals surface area contributed by atoms with E-state index in [2.05, 4.69) is 10.2 Å². The fourth-order valence-corrected chi connectivity index (χ4v) is 3.51. The monoisotopic (exact) mass is 311 g/mol. The molecule has 116 valence electrons. The van der Waals surface area contributed by atoms with Gasteiger partial charge in [-0.15, -0.1) is 12.4 Å². The highest BCUT2D eigenvalue weighted by atomic mass is 35.5. The highest BCUT2D eigenvalue weighted by molar-refractivity contribution is 5.85. The number of piperidine rings is 1. The molecule has 0 saturated carbocycles. The molecule has 2 heterocycles. The summed E-state index contributed by atoms with van der Waals surface area (Å²) in [7, 11) is 0. The lowest BCUT2D eigenvalue weighted by Crippen LogP contribution is -2.38. The molecule has 2 aliphatic heterocycles. The fraction of sp³-hybridized carbons (Fsp3) is 0.600. The average Bonchev–Trinajstić information content (AvgIpc) is 2.83. The van der Waals surface area contributed by atoms with Crippen LogP contribution in [0.25, 0.3) is 0 Å². The van der Waals surface area contributed by atoms with Crippen molar-refractivity contribution in [2.75, 3.05) is 26.2 Å². The maximum absolute atomic E-state index is 10.6. The average molecular weight is 312 g/mol. The molecular formula is C15H22ClN3O2. The maximum Gasteiger partial charge on any atom is 0.269 e. The lowest BCUT2D eigenvalue weighted by molar-refractivity contribution is -0.384. The molecule has 1 aromatic rings. The van der Waals surface area contributed by atoms with E-state index in [1.165, 1.54) is 31.4 Å². The van der Waals surface area contributed by atoms with Gasteiger partial charge in [0.1, 0.15) is 0 Å². The maximum atomic E-state index is 10.6. The first-order valence-corrected chi connectivity index (χ1v) is 7.33. The molecule has 2 fully saturated rings. The molecule has 0 aromatic heterocycles. The van der Waals surface area contributed by atoms with Crippen LogP contribution in [0.3, 0.4) is 0 Å². The largest absolute Gasteiger partial charge is 0.317 e. The molecule has 0 bridgehead atoms. The molecule has 1 aromatic carbocycles. The highest BCUT2D eigenvalue weighted by Gasteiger charge is 2.38. The zero-order valence-electron chi connectivity index (χ0n) is 12.1. The third kappa shape index (κ3) is 3.73. The van der Waals surface area contributed by atoms with Crippen molar-refractivity contribution in [1.29, 1.82) is 0 Å². The summed E-state index contributed by atoms with van der Waals surface area (Å²) in [4.78, 5) is 12.8. The minimum atomic E-state index is -0.344. The van der Waals surface area contributed by atoms with Gasteiger partial charge in [-0.2, -0.15) is 0 Å². The minimum Gasteiger partial charge on any atom is -0.317 e. The Labute approximate surface area is 131 Å². The SMILES string of the molecule is Cl.O=[N+]([O-])c1ccc(CN2CCC3(CCNCC3)C2)cc1. The van der Waals surface area contributed by atoms with Gasteiger partial charge in [0.05, 0.1) is 4.92 Å². The number of hydrogen-bond acceptors (Lipinski definition) is 4. The number of hydrogen-bond donors (Lipinski definition) is 1. The normalized spacial score (nSPS) is 21.1. The van der Waals surface area contributed by atoms with Crippen molar-refractivity contribution in [3.63, 3.8) is 0 Å². The first-order valence-electron chi connectivity index (χ1n) is 7.33. The van der Waals surface area contributed by atoms with Crippen molar-refractivity contribution < 1.29 is 4.92 Å². The Hall–Kier alpha value is -1.17. The van der Waals surface area contributed by atoms with Crippen molar-refractivity contribution in [1.82, 2.24) is 10.2 Å². The van der Waals surface area contributed by atoms with E-state index >= 15 is 0 Å². The number of nitrogens with zero attached hydrogens (tertiary/aromatic N) is 2. The molecule has 1 spiro atoms. The van der Waals surface area contributed by atoms with Crippen LogP contribution < -0.4 is 5.32 Å². The summed E-state index contributed by atoms with van der Waals surface area (Å²) in [6, 6.07) is 6.97. The Morgan fingerprint density at radius 2 is 1.86 bits per heavy atom. The molecule has 5 nitrogen and oxygen atoms in total. The van der Waals surface area contributed by atoms with Gasteiger partial charge < -0.3 is 5.32 Å². The van der Waals surface area contributed by atoms with Gasteiger partial charge in [-0.25, -0.2) is 0 Å². The third-order valence-corrected chi connectivity index (χ3v) is 4.73. The first-order chi connectivity index (χ1) is 9.67. The summed E-state index contributed by atoms with van der Waals surface area (Å²) < 4.78 is 0. The van der Waals surface area contributed by atoms with E-state index in [1.807, 2.05) is 12.1 Å². The van der Waals surface area contributed by atoms with Crippen LogP contribution in [-0.2, 0) is 6.54 Å². The van der Waals surface area contributed by atoms with Crippen LogP contribution in [-0.4, -0.2) is 36.0 Å². The molecule has 2 aliphatic rings. The van der Waals surface area contributed by atoms with Crippen LogP contribution >= 0.6 is 12.4 Å². The van der Waals surface area contributed by atoms with Crippen LogP contribution in [0.1, 0.15) is 24.8 Å². The molecule has 6 heteroatoms. The van der Waals surface area contributed by atoms with E-state index in [0.717, 1.165) is 26.2 Å². The number of nitro benzene ring substituents is 1. The van der Waals surface area contributed by atoms with Crippen molar-refractivity contribution in [3.05, 3.63) is 39.9 Å². The van der Waals surface area contributed by atoms with E-state index in [-0.39, 0.29) is 23.0 Å². The predicted octanol–water partition coefficient (Wildman–Crippen LogP) is 2.59. The topological polar surface area (TPSA) is 58.4 Å². The number of rotatable bonds is 3. The van der Waals surface area contributed by atoms with Crippen LogP contribution in [0.5, 0.6) is 0 Å². The van der Waals surface area contributed by atoms with Crippen LogP contribution in [0, 0.1) is 15.5 Å².